The van der Waals surface area contributed by atoms with Crippen molar-refractivity contribution in [1.29, 1.82) is 0 Å². The highest BCUT2D eigenvalue weighted by atomic mass is 14.8. The number of nitrogens with zero attached hydrogens (tertiary/aromatic N) is 2. The summed E-state index contributed by atoms with van der Waals surface area (Å²) in [5, 5.41) is 2.41. The van der Waals surface area contributed by atoms with Crippen LogP contribution in [0.15, 0.2) is 85.3 Å². The molecule has 0 spiro atoms. The van der Waals surface area contributed by atoms with Gasteiger partial charge in [0.1, 0.15) is 0 Å². The van der Waals surface area contributed by atoms with Crippen LogP contribution >= 0.6 is 0 Å². The van der Waals surface area contributed by atoms with Crippen LogP contribution in [0.4, 0.5) is 0 Å². The lowest BCUT2D eigenvalue weighted by atomic mass is 9.92. The topological polar surface area (TPSA) is 25.8 Å². The third kappa shape index (κ3) is 2.15. The number of fused-ring (bicyclic) bond motifs is 1. The molecule has 0 aliphatic heterocycles. The van der Waals surface area contributed by atoms with Crippen molar-refractivity contribution in [3.05, 3.63) is 85.3 Å². The number of benzene rings is 3. The third-order valence-corrected chi connectivity index (χ3v) is 3.83. The molecular weight excluding hydrogens is 268 g/mol. The van der Waals surface area contributed by atoms with Crippen LogP contribution in [-0.2, 0) is 0 Å². The van der Waals surface area contributed by atoms with Gasteiger partial charge < -0.3 is 0 Å². The second-order valence-electron chi connectivity index (χ2n) is 5.17. The van der Waals surface area contributed by atoms with E-state index in [1.54, 1.807) is 12.4 Å². The normalized spacial score (nSPS) is 10.7. The van der Waals surface area contributed by atoms with E-state index in [1.165, 1.54) is 21.9 Å². The molecule has 0 radical (unpaired) electrons. The summed E-state index contributed by atoms with van der Waals surface area (Å²) in [6.07, 6.45) is 5.27. The molecule has 0 saturated heterocycles. The van der Waals surface area contributed by atoms with E-state index >= 15 is 0 Å². The Morgan fingerprint density at radius 1 is 0.682 bits per heavy atom. The third-order valence-electron chi connectivity index (χ3n) is 3.83. The molecule has 1 heterocycles. The fraction of sp³-hybridized carbons (Fsp3) is 0. The highest BCUT2D eigenvalue weighted by Crippen LogP contribution is 2.36. The minimum absolute atomic E-state index is 0.901. The highest BCUT2D eigenvalue weighted by molar-refractivity contribution is 6.03. The summed E-state index contributed by atoms with van der Waals surface area (Å²) >= 11 is 0. The molecule has 0 bridgehead atoms. The molecule has 104 valence electrons. The molecule has 3 aromatic carbocycles. The monoisotopic (exact) mass is 282 g/mol. The second kappa shape index (κ2) is 5.41. The summed E-state index contributed by atoms with van der Waals surface area (Å²) in [5.74, 6) is 0. The fourth-order valence-electron chi connectivity index (χ4n) is 2.83. The van der Waals surface area contributed by atoms with Gasteiger partial charge in [0.15, 0.2) is 0 Å². The van der Waals surface area contributed by atoms with E-state index in [9.17, 15) is 0 Å². The Morgan fingerprint density at radius 3 is 2.32 bits per heavy atom. The van der Waals surface area contributed by atoms with E-state index in [2.05, 4.69) is 70.6 Å². The molecule has 0 aliphatic carbocycles. The van der Waals surface area contributed by atoms with Crippen molar-refractivity contribution in [3.63, 3.8) is 0 Å². The molecule has 0 aliphatic rings. The fourth-order valence-corrected chi connectivity index (χ4v) is 2.83. The van der Waals surface area contributed by atoms with E-state index in [0.29, 0.717) is 0 Å². The Kier molecular flexibility index (Phi) is 3.13. The molecule has 4 rings (SSSR count). The minimum atomic E-state index is 0.901. The van der Waals surface area contributed by atoms with E-state index in [0.717, 1.165) is 11.3 Å². The van der Waals surface area contributed by atoms with Gasteiger partial charge in [-0.2, -0.15) is 0 Å². The Bertz CT molecular complexity index is 916. The van der Waals surface area contributed by atoms with Crippen molar-refractivity contribution in [2.24, 2.45) is 0 Å². The molecule has 0 N–H and O–H groups in total. The molecule has 22 heavy (non-hydrogen) atoms. The summed E-state index contributed by atoms with van der Waals surface area (Å²) in [6.45, 7) is 0. The van der Waals surface area contributed by atoms with E-state index < -0.39 is 0 Å². The molecule has 0 fully saturated rings. The molecule has 1 aromatic heterocycles. The zero-order chi connectivity index (χ0) is 14.8. The summed E-state index contributed by atoms with van der Waals surface area (Å²) in [6, 6.07) is 23.1. The lowest BCUT2D eigenvalue weighted by Gasteiger charge is -2.13. The smallest absolute Gasteiger partial charge is 0.0897 e. The molecule has 4 aromatic rings. The summed E-state index contributed by atoms with van der Waals surface area (Å²) in [5.41, 5.74) is 4.41. The molecule has 2 nitrogen and oxygen atoms in total. The lowest BCUT2D eigenvalue weighted by Crippen LogP contribution is -1.91. The number of hydrogen-bond donors (Lipinski definition) is 0. The van der Waals surface area contributed by atoms with Gasteiger partial charge in [0.05, 0.1) is 11.9 Å². The number of hydrogen-bond acceptors (Lipinski definition) is 2. The summed E-state index contributed by atoms with van der Waals surface area (Å²) < 4.78 is 0. The van der Waals surface area contributed by atoms with Gasteiger partial charge in [-0.15, -0.1) is 0 Å². The van der Waals surface area contributed by atoms with Crippen molar-refractivity contribution in [2.45, 2.75) is 0 Å². The van der Waals surface area contributed by atoms with Crippen LogP contribution in [0.2, 0.25) is 0 Å². The van der Waals surface area contributed by atoms with Crippen LogP contribution < -0.4 is 0 Å². The number of aromatic nitrogens is 2. The average molecular weight is 282 g/mol. The largest absolute Gasteiger partial charge is 0.261 e. The van der Waals surface area contributed by atoms with E-state index in [4.69, 9.17) is 0 Å². The van der Waals surface area contributed by atoms with Gasteiger partial charge in [-0.3, -0.25) is 9.97 Å². The standard InChI is InChI=1S/C20H14N2/c1-2-6-15(7-3-1)18-11-10-16-8-4-5-9-17(16)20(18)19-14-21-12-13-22-19/h1-14H. The van der Waals surface area contributed by atoms with Gasteiger partial charge in [-0.05, 0) is 21.9 Å². The first kappa shape index (κ1) is 12.7. The van der Waals surface area contributed by atoms with Crippen LogP contribution in [0.5, 0.6) is 0 Å². The molecular formula is C20H14N2. The predicted molar refractivity (Wildman–Crippen MR) is 90.4 cm³/mol. The van der Waals surface area contributed by atoms with Crippen molar-refractivity contribution in [2.75, 3.05) is 0 Å². The van der Waals surface area contributed by atoms with Gasteiger partial charge >= 0.3 is 0 Å². The van der Waals surface area contributed by atoms with Gasteiger partial charge in [0.2, 0.25) is 0 Å². The van der Waals surface area contributed by atoms with Gasteiger partial charge in [-0.1, -0.05) is 66.7 Å². The van der Waals surface area contributed by atoms with Crippen LogP contribution in [0.1, 0.15) is 0 Å². The number of rotatable bonds is 2. The Hall–Kier alpha value is -3.00. The van der Waals surface area contributed by atoms with Gasteiger partial charge in [-0.25, -0.2) is 0 Å². The zero-order valence-electron chi connectivity index (χ0n) is 12.0. The summed E-state index contributed by atoms with van der Waals surface area (Å²) in [7, 11) is 0. The van der Waals surface area contributed by atoms with Crippen LogP contribution in [0, 0.1) is 0 Å². The van der Waals surface area contributed by atoms with Crippen molar-refractivity contribution in [3.8, 4) is 22.4 Å². The quantitative estimate of drug-likeness (QED) is 0.519. The molecule has 2 heteroatoms. The molecule has 0 unspecified atom stereocenters. The van der Waals surface area contributed by atoms with Gasteiger partial charge in [0, 0.05) is 18.0 Å². The average Bonchev–Trinajstić information content (AvgIpc) is 2.62. The predicted octanol–water partition coefficient (Wildman–Crippen LogP) is 4.96. The van der Waals surface area contributed by atoms with Crippen molar-refractivity contribution < 1.29 is 0 Å². The van der Waals surface area contributed by atoms with Crippen LogP contribution in [-0.4, -0.2) is 9.97 Å². The van der Waals surface area contributed by atoms with Gasteiger partial charge in [0.25, 0.3) is 0 Å². The minimum Gasteiger partial charge on any atom is -0.261 e. The van der Waals surface area contributed by atoms with Crippen molar-refractivity contribution in [1.82, 2.24) is 9.97 Å². The molecule has 0 saturated carbocycles. The maximum absolute atomic E-state index is 4.52. The van der Waals surface area contributed by atoms with E-state index in [-0.39, 0.29) is 0 Å². The Labute approximate surface area is 129 Å². The Balaban J connectivity index is 2.09. The van der Waals surface area contributed by atoms with E-state index in [1.807, 2.05) is 12.3 Å². The SMILES string of the molecule is c1ccc(-c2ccc3ccccc3c2-c2cnccn2)cc1. The molecule has 0 atom stereocenters. The lowest BCUT2D eigenvalue weighted by molar-refractivity contribution is 1.21. The maximum Gasteiger partial charge on any atom is 0.0897 e. The summed E-state index contributed by atoms with van der Waals surface area (Å²) in [4.78, 5) is 8.76. The van der Waals surface area contributed by atoms with Crippen LogP contribution in [0.3, 0.4) is 0 Å². The zero-order valence-corrected chi connectivity index (χ0v) is 12.0. The first-order chi connectivity index (χ1) is 10.9. The first-order valence-electron chi connectivity index (χ1n) is 7.27. The molecule has 0 amide bonds. The van der Waals surface area contributed by atoms with Crippen molar-refractivity contribution >= 4 is 10.8 Å². The highest BCUT2D eigenvalue weighted by Gasteiger charge is 2.12. The maximum atomic E-state index is 4.52. The van der Waals surface area contributed by atoms with Crippen LogP contribution in [0.25, 0.3) is 33.2 Å². The second-order valence-corrected chi connectivity index (χ2v) is 5.17. The Morgan fingerprint density at radius 2 is 1.50 bits per heavy atom. The first-order valence-corrected chi connectivity index (χ1v) is 7.27.